The van der Waals surface area contributed by atoms with Crippen LogP contribution >= 0.6 is 0 Å². The first-order valence-electron chi connectivity index (χ1n) is 9.16. The maximum Gasteiger partial charge on any atom is 0.315 e. The molecule has 3 rings (SSSR count). The number of halogens is 1. The smallest absolute Gasteiger partial charge is 0.315 e. The number of benzene rings is 2. The van der Waals surface area contributed by atoms with Gasteiger partial charge in [0.2, 0.25) is 0 Å². The Morgan fingerprint density at radius 3 is 2.22 bits per heavy atom. The number of hydrogen-bond donors (Lipinski definition) is 2. The molecule has 0 aliphatic carbocycles. The van der Waals surface area contributed by atoms with Gasteiger partial charge in [0.25, 0.3) is 0 Å². The molecule has 0 bridgehead atoms. The number of carbonyl (C=O) groups is 1. The average Bonchev–Trinajstić information content (AvgIpc) is 2.66. The zero-order chi connectivity index (χ0) is 19.4. The predicted octanol–water partition coefficient (Wildman–Crippen LogP) is 4.35. The lowest BCUT2D eigenvalue weighted by atomic mass is 9.95. The molecule has 144 valence electrons. The molecule has 5 nitrogen and oxygen atoms in total. The summed E-state index contributed by atoms with van der Waals surface area (Å²) in [5.41, 5.74) is 1.80. The SMILES string of the molecule is CC(C)[C@@H](NC(=O)N[C@@H](C)c1ccc(F)cc1)c1ccc2c(c1)OCCO2. The molecule has 0 fully saturated rings. The number of nitrogens with one attached hydrogen (secondary N) is 2. The van der Waals surface area contributed by atoms with Crippen LogP contribution in [0.1, 0.15) is 44.0 Å². The summed E-state index contributed by atoms with van der Waals surface area (Å²) in [6.07, 6.45) is 0. The third-order valence-corrected chi connectivity index (χ3v) is 4.60. The Morgan fingerprint density at radius 1 is 0.926 bits per heavy atom. The van der Waals surface area contributed by atoms with Gasteiger partial charge in [0.05, 0.1) is 12.1 Å². The topological polar surface area (TPSA) is 59.6 Å². The van der Waals surface area contributed by atoms with Gasteiger partial charge in [-0.2, -0.15) is 0 Å². The van der Waals surface area contributed by atoms with E-state index in [1.807, 2.05) is 39.0 Å². The highest BCUT2D eigenvalue weighted by Gasteiger charge is 2.22. The minimum absolute atomic E-state index is 0.179. The fourth-order valence-corrected chi connectivity index (χ4v) is 3.10. The van der Waals surface area contributed by atoms with Crippen molar-refractivity contribution in [3.05, 3.63) is 59.4 Å². The highest BCUT2D eigenvalue weighted by Crippen LogP contribution is 2.34. The first-order valence-corrected chi connectivity index (χ1v) is 9.16. The van der Waals surface area contributed by atoms with Crippen LogP contribution < -0.4 is 20.1 Å². The second-order valence-corrected chi connectivity index (χ2v) is 7.02. The van der Waals surface area contributed by atoms with Crippen molar-refractivity contribution in [2.24, 2.45) is 5.92 Å². The maximum atomic E-state index is 13.1. The Kier molecular flexibility index (Phi) is 5.84. The van der Waals surface area contributed by atoms with Gasteiger partial charge in [0, 0.05) is 0 Å². The first kappa shape index (κ1) is 19.0. The molecule has 1 aliphatic heterocycles. The van der Waals surface area contributed by atoms with Crippen LogP contribution in [0.3, 0.4) is 0 Å². The van der Waals surface area contributed by atoms with E-state index in [-0.39, 0.29) is 29.8 Å². The van der Waals surface area contributed by atoms with Gasteiger partial charge in [-0.3, -0.25) is 0 Å². The monoisotopic (exact) mass is 372 g/mol. The molecule has 0 saturated heterocycles. The molecule has 27 heavy (non-hydrogen) atoms. The van der Waals surface area contributed by atoms with Crippen molar-refractivity contribution in [1.29, 1.82) is 0 Å². The molecule has 0 spiro atoms. The summed E-state index contributed by atoms with van der Waals surface area (Å²) in [6.45, 7) is 7.02. The van der Waals surface area contributed by atoms with E-state index in [9.17, 15) is 9.18 Å². The number of hydrogen-bond acceptors (Lipinski definition) is 3. The third-order valence-electron chi connectivity index (χ3n) is 4.60. The molecule has 1 aliphatic rings. The van der Waals surface area contributed by atoms with Crippen molar-refractivity contribution in [2.45, 2.75) is 32.9 Å². The van der Waals surface area contributed by atoms with Gasteiger partial charge in [-0.25, -0.2) is 9.18 Å². The molecule has 0 radical (unpaired) electrons. The molecule has 0 unspecified atom stereocenters. The van der Waals surface area contributed by atoms with Crippen LogP contribution in [0.15, 0.2) is 42.5 Å². The van der Waals surface area contributed by atoms with Crippen LogP contribution in [0.2, 0.25) is 0 Å². The summed E-state index contributed by atoms with van der Waals surface area (Å²) in [6, 6.07) is 11.2. The van der Waals surface area contributed by atoms with Crippen molar-refractivity contribution in [2.75, 3.05) is 13.2 Å². The standard InChI is InChI=1S/C21H25FN2O3/c1-13(2)20(16-6-9-18-19(12-16)27-11-10-26-18)24-21(25)23-14(3)15-4-7-17(22)8-5-15/h4-9,12-14,20H,10-11H2,1-3H3,(H2,23,24,25)/t14-,20+/m0/s1. The van der Waals surface area contributed by atoms with Crippen molar-refractivity contribution in [3.8, 4) is 11.5 Å². The molecule has 2 atom stereocenters. The molecule has 0 aromatic heterocycles. The molecule has 0 saturated carbocycles. The molecule has 2 N–H and O–H groups in total. The van der Waals surface area contributed by atoms with E-state index < -0.39 is 0 Å². The Balaban J connectivity index is 1.68. The van der Waals surface area contributed by atoms with E-state index in [4.69, 9.17) is 9.47 Å². The Bertz CT molecular complexity index is 793. The van der Waals surface area contributed by atoms with E-state index in [1.165, 1.54) is 12.1 Å². The Morgan fingerprint density at radius 2 is 1.56 bits per heavy atom. The summed E-state index contributed by atoms with van der Waals surface area (Å²) in [5.74, 6) is 1.31. The van der Waals surface area contributed by atoms with Gasteiger partial charge < -0.3 is 20.1 Å². The summed E-state index contributed by atoms with van der Waals surface area (Å²) in [5, 5.41) is 5.94. The van der Waals surface area contributed by atoms with Crippen molar-refractivity contribution < 1.29 is 18.7 Å². The summed E-state index contributed by atoms with van der Waals surface area (Å²) in [4.78, 5) is 12.5. The molecular formula is C21H25FN2O3. The van der Waals surface area contributed by atoms with Gasteiger partial charge in [-0.05, 0) is 48.2 Å². The van der Waals surface area contributed by atoms with Crippen molar-refractivity contribution >= 4 is 6.03 Å². The number of urea groups is 1. The van der Waals surface area contributed by atoms with Crippen molar-refractivity contribution in [1.82, 2.24) is 10.6 Å². The highest BCUT2D eigenvalue weighted by atomic mass is 19.1. The van der Waals surface area contributed by atoms with Gasteiger partial charge in [-0.15, -0.1) is 0 Å². The molecule has 1 heterocycles. The van der Waals surface area contributed by atoms with Gasteiger partial charge >= 0.3 is 6.03 Å². The summed E-state index contributed by atoms with van der Waals surface area (Å²) < 4.78 is 24.3. The molecule has 2 aromatic rings. The van der Waals surface area contributed by atoms with Crippen molar-refractivity contribution in [3.63, 3.8) is 0 Å². The fraction of sp³-hybridized carbons (Fsp3) is 0.381. The number of carbonyl (C=O) groups excluding carboxylic acids is 1. The summed E-state index contributed by atoms with van der Waals surface area (Å²) in [7, 11) is 0. The maximum absolute atomic E-state index is 13.1. The van der Waals surface area contributed by atoms with Gasteiger partial charge in [-0.1, -0.05) is 32.0 Å². The Hall–Kier alpha value is -2.76. The van der Waals surface area contributed by atoms with Gasteiger partial charge in [0.15, 0.2) is 11.5 Å². The van der Waals surface area contributed by atoms with Crippen LogP contribution in [0.5, 0.6) is 11.5 Å². The zero-order valence-corrected chi connectivity index (χ0v) is 15.8. The van der Waals surface area contributed by atoms with Crippen LogP contribution in [0, 0.1) is 11.7 Å². The number of fused-ring (bicyclic) bond motifs is 1. The quantitative estimate of drug-likeness (QED) is 0.820. The number of ether oxygens (including phenoxy) is 2. The lowest BCUT2D eigenvalue weighted by molar-refractivity contribution is 0.171. The normalized spacial score (nSPS) is 15.1. The van der Waals surface area contributed by atoms with E-state index in [1.54, 1.807) is 12.1 Å². The minimum atomic E-state index is -0.297. The number of amides is 2. The fourth-order valence-electron chi connectivity index (χ4n) is 3.10. The second-order valence-electron chi connectivity index (χ2n) is 7.02. The number of rotatable bonds is 5. The lowest BCUT2D eigenvalue weighted by Crippen LogP contribution is -2.40. The van der Waals surface area contributed by atoms with E-state index >= 15 is 0 Å². The third kappa shape index (κ3) is 4.70. The van der Waals surface area contributed by atoms with Gasteiger partial charge in [0.1, 0.15) is 19.0 Å². The minimum Gasteiger partial charge on any atom is -0.486 e. The second kappa shape index (κ2) is 8.29. The molecule has 2 amide bonds. The van der Waals surface area contributed by atoms with Crippen LogP contribution in [-0.2, 0) is 0 Å². The van der Waals surface area contributed by atoms with E-state index in [2.05, 4.69) is 10.6 Å². The average molecular weight is 372 g/mol. The predicted molar refractivity (Wildman–Crippen MR) is 101 cm³/mol. The largest absolute Gasteiger partial charge is 0.486 e. The Labute approximate surface area is 158 Å². The van der Waals surface area contributed by atoms with E-state index in [0.717, 1.165) is 16.9 Å². The van der Waals surface area contributed by atoms with Crippen LogP contribution in [0.4, 0.5) is 9.18 Å². The van der Waals surface area contributed by atoms with E-state index in [0.29, 0.717) is 19.0 Å². The lowest BCUT2D eigenvalue weighted by Gasteiger charge is -2.26. The molecule has 2 aromatic carbocycles. The first-order chi connectivity index (χ1) is 12.9. The molecule has 6 heteroatoms. The highest BCUT2D eigenvalue weighted by molar-refractivity contribution is 5.75. The van der Waals surface area contributed by atoms with Crippen LogP contribution in [0.25, 0.3) is 0 Å². The molecular weight excluding hydrogens is 347 g/mol. The zero-order valence-electron chi connectivity index (χ0n) is 15.8. The van der Waals surface area contributed by atoms with Crippen LogP contribution in [-0.4, -0.2) is 19.2 Å². The summed E-state index contributed by atoms with van der Waals surface area (Å²) >= 11 is 0.